The number of carbonyl (C=O) groups is 2. The molecule has 7 heteroatoms. The Morgan fingerprint density at radius 3 is 2.50 bits per heavy atom. The summed E-state index contributed by atoms with van der Waals surface area (Å²) < 4.78 is 11.9. The molecule has 146 valence electrons. The molecule has 0 unspecified atom stereocenters. The zero-order chi connectivity index (χ0) is 19.5. The Labute approximate surface area is 171 Å². The van der Waals surface area contributed by atoms with E-state index < -0.39 is 0 Å². The number of nitrogens with zero attached hydrogens (tertiary/aromatic N) is 1. The topological polar surface area (TPSA) is 67.9 Å². The molecule has 4 rings (SSSR count). The highest BCUT2D eigenvalue weighted by Crippen LogP contribution is 2.35. The van der Waals surface area contributed by atoms with E-state index in [2.05, 4.69) is 21.2 Å². The molecule has 28 heavy (non-hydrogen) atoms. The summed E-state index contributed by atoms with van der Waals surface area (Å²) >= 11 is 3.49. The minimum absolute atomic E-state index is 0.0168. The average Bonchev–Trinajstić information content (AvgIpc) is 3.23. The first-order chi connectivity index (χ1) is 13.6. The van der Waals surface area contributed by atoms with E-state index >= 15 is 0 Å². The fraction of sp³-hybridized carbons (Fsp3) is 0.333. The second-order valence-electron chi connectivity index (χ2n) is 6.89. The predicted molar refractivity (Wildman–Crippen MR) is 109 cm³/mol. The first kappa shape index (κ1) is 18.8. The number of halogens is 1. The molecule has 2 aliphatic heterocycles. The molecule has 0 spiro atoms. The zero-order valence-electron chi connectivity index (χ0n) is 15.4. The van der Waals surface area contributed by atoms with Gasteiger partial charge < -0.3 is 19.7 Å². The van der Waals surface area contributed by atoms with Crippen LogP contribution in [-0.4, -0.2) is 43.0 Å². The Balaban J connectivity index is 1.44. The standard InChI is InChI=1S/C21H21BrN2O4/c22-17-13-19-18(27-8-9-28-19)11-15(17)12-20(25)23-16-5-3-4-14(10-16)21(26)24-6-1-2-7-24/h3-5,10-11,13H,1-2,6-9,12H2,(H,23,25). The van der Waals surface area contributed by atoms with E-state index in [1.807, 2.05) is 17.0 Å². The lowest BCUT2D eigenvalue weighted by molar-refractivity contribution is -0.115. The van der Waals surface area contributed by atoms with Gasteiger partial charge >= 0.3 is 0 Å². The lowest BCUT2D eigenvalue weighted by atomic mass is 10.1. The first-order valence-electron chi connectivity index (χ1n) is 9.37. The molecule has 6 nitrogen and oxygen atoms in total. The quantitative estimate of drug-likeness (QED) is 0.781. The smallest absolute Gasteiger partial charge is 0.253 e. The van der Waals surface area contributed by atoms with Gasteiger partial charge in [-0.15, -0.1) is 0 Å². The molecular formula is C21H21BrN2O4. The maximum absolute atomic E-state index is 12.5. The van der Waals surface area contributed by atoms with Gasteiger partial charge in [-0.1, -0.05) is 22.0 Å². The maximum atomic E-state index is 12.5. The number of nitrogens with one attached hydrogen (secondary N) is 1. The lowest BCUT2D eigenvalue weighted by Gasteiger charge is -2.20. The van der Waals surface area contributed by atoms with Crippen molar-refractivity contribution >= 4 is 33.4 Å². The number of likely N-dealkylation sites (tertiary alicyclic amines) is 1. The van der Waals surface area contributed by atoms with Crippen molar-refractivity contribution in [3.63, 3.8) is 0 Å². The number of fused-ring (bicyclic) bond motifs is 1. The van der Waals surface area contributed by atoms with E-state index in [1.54, 1.807) is 24.3 Å². The monoisotopic (exact) mass is 444 g/mol. The SMILES string of the molecule is O=C(Cc1cc2c(cc1Br)OCCO2)Nc1cccc(C(=O)N2CCCC2)c1. The average molecular weight is 445 g/mol. The Bertz CT molecular complexity index is 909. The molecule has 1 fully saturated rings. The van der Waals surface area contributed by atoms with Gasteiger partial charge in [0, 0.05) is 28.8 Å². The van der Waals surface area contributed by atoms with E-state index in [0.29, 0.717) is 36.0 Å². The van der Waals surface area contributed by atoms with Crippen LogP contribution in [0.5, 0.6) is 11.5 Å². The Kier molecular flexibility index (Phi) is 5.52. The number of hydrogen-bond acceptors (Lipinski definition) is 4. The minimum atomic E-state index is -0.164. The van der Waals surface area contributed by atoms with Crippen molar-refractivity contribution in [2.45, 2.75) is 19.3 Å². The Morgan fingerprint density at radius 2 is 1.75 bits per heavy atom. The highest BCUT2D eigenvalue weighted by Gasteiger charge is 2.20. The second-order valence-corrected chi connectivity index (χ2v) is 7.75. The summed E-state index contributed by atoms with van der Waals surface area (Å²) in [5, 5.41) is 2.88. The summed E-state index contributed by atoms with van der Waals surface area (Å²) in [6.45, 7) is 2.62. The van der Waals surface area contributed by atoms with Gasteiger partial charge in [0.05, 0.1) is 6.42 Å². The third kappa shape index (κ3) is 4.14. The molecular weight excluding hydrogens is 424 g/mol. The molecule has 0 atom stereocenters. The molecule has 0 aliphatic carbocycles. The van der Waals surface area contributed by atoms with Crippen LogP contribution in [0, 0.1) is 0 Å². The van der Waals surface area contributed by atoms with Crippen molar-refractivity contribution in [3.8, 4) is 11.5 Å². The molecule has 0 saturated carbocycles. The predicted octanol–water partition coefficient (Wildman–Crippen LogP) is 3.64. The molecule has 2 aromatic carbocycles. The summed E-state index contributed by atoms with van der Waals surface area (Å²) in [4.78, 5) is 26.9. The van der Waals surface area contributed by atoms with E-state index in [4.69, 9.17) is 9.47 Å². The number of anilines is 1. The molecule has 2 amide bonds. The molecule has 1 saturated heterocycles. The molecule has 2 heterocycles. The fourth-order valence-corrected chi connectivity index (χ4v) is 3.92. The summed E-state index contributed by atoms with van der Waals surface area (Å²) in [6.07, 6.45) is 2.28. The minimum Gasteiger partial charge on any atom is -0.486 e. The van der Waals surface area contributed by atoms with Crippen LogP contribution in [0.1, 0.15) is 28.8 Å². The summed E-state index contributed by atoms with van der Waals surface area (Å²) in [5.41, 5.74) is 2.02. The van der Waals surface area contributed by atoms with Gasteiger partial charge in [0.25, 0.3) is 5.91 Å². The molecule has 2 aliphatic rings. The van der Waals surface area contributed by atoms with E-state index in [0.717, 1.165) is 36.0 Å². The number of benzene rings is 2. The largest absolute Gasteiger partial charge is 0.486 e. The molecule has 1 N–H and O–H groups in total. The van der Waals surface area contributed by atoms with E-state index in [-0.39, 0.29) is 18.2 Å². The number of hydrogen-bond donors (Lipinski definition) is 1. The van der Waals surface area contributed by atoms with Crippen molar-refractivity contribution in [2.75, 3.05) is 31.6 Å². The van der Waals surface area contributed by atoms with Crippen LogP contribution in [0.15, 0.2) is 40.9 Å². The fourth-order valence-electron chi connectivity index (χ4n) is 3.45. The number of carbonyl (C=O) groups excluding carboxylic acids is 2. The highest BCUT2D eigenvalue weighted by atomic mass is 79.9. The van der Waals surface area contributed by atoms with Crippen LogP contribution in [-0.2, 0) is 11.2 Å². The Morgan fingerprint density at radius 1 is 1.04 bits per heavy atom. The normalized spacial score (nSPS) is 15.4. The lowest BCUT2D eigenvalue weighted by Crippen LogP contribution is -2.27. The number of rotatable bonds is 4. The van der Waals surface area contributed by atoms with Crippen LogP contribution in [0.3, 0.4) is 0 Å². The zero-order valence-corrected chi connectivity index (χ0v) is 17.0. The van der Waals surface area contributed by atoms with Gasteiger partial charge in [-0.05, 0) is 48.7 Å². The first-order valence-corrected chi connectivity index (χ1v) is 10.2. The van der Waals surface area contributed by atoms with Crippen LogP contribution >= 0.6 is 15.9 Å². The molecule has 2 aromatic rings. The van der Waals surface area contributed by atoms with E-state index in [9.17, 15) is 9.59 Å². The van der Waals surface area contributed by atoms with Gasteiger partial charge in [-0.2, -0.15) is 0 Å². The van der Waals surface area contributed by atoms with Crippen LogP contribution in [0.25, 0.3) is 0 Å². The highest BCUT2D eigenvalue weighted by molar-refractivity contribution is 9.10. The summed E-state index contributed by atoms with van der Waals surface area (Å²) in [5.74, 6) is 1.18. The third-order valence-corrected chi connectivity index (χ3v) is 5.59. The van der Waals surface area contributed by atoms with Gasteiger partial charge in [0.15, 0.2) is 11.5 Å². The van der Waals surface area contributed by atoms with Crippen molar-refractivity contribution in [3.05, 3.63) is 52.0 Å². The van der Waals surface area contributed by atoms with Gasteiger partial charge in [-0.25, -0.2) is 0 Å². The Hall–Kier alpha value is -2.54. The number of ether oxygens (including phenoxy) is 2. The second kappa shape index (κ2) is 8.22. The van der Waals surface area contributed by atoms with Crippen molar-refractivity contribution in [1.29, 1.82) is 0 Å². The van der Waals surface area contributed by atoms with Crippen LogP contribution < -0.4 is 14.8 Å². The van der Waals surface area contributed by atoms with Crippen LogP contribution in [0.4, 0.5) is 5.69 Å². The molecule has 0 bridgehead atoms. The van der Waals surface area contributed by atoms with E-state index in [1.165, 1.54) is 0 Å². The maximum Gasteiger partial charge on any atom is 0.253 e. The summed E-state index contributed by atoms with van der Waals surface area (Å²) in [6, 6.07) is 10.7. The van der Waals surface area contributed by atoms with Crippen molar-refractivity contribution < 1.29 is 19.1 Å². The van der Waals surface area contributed by atoms with Crippen LogP contribution in [0.2, 0.25) is 0 Å². The third-order valence-electron chi connectivity index (χ3n) is 4.85. The van der Waals surface area contributed by atoms with Gasteiger partial charge in [-0.3, -0.25) is 9.59 Å². The number of amides is 2. The van der Waals surface area contributed by atoms with Gasteiger partial charge in [0.2, 0.25) is 5.91 Å². The van der Waals surface area contributed by atoms with Gasteiger partial charge in [0.1, 0.15) is 13.2 Å². The molecule has 0 aromatic heterocycles. The molecule has 0 radical (unpaired) electrons. The van der Waals surface area contributed by atoms with Crippen molar-refractivity contribution in [1.82, 2.24) is 4.90 Å². The van der Waals surface area contributed by atoms with Crippen molar-refractivity contribution in [2.24, 2.45) is 0 Å². The summed E-state index contributed by atoms with van der Waals surface area (Å²) in [7, 11) is 0.